The van der Waals surface area contributed by atoms with Gasteiger partial charge in [0.15, 0.2) is 11.7 Å². The minimum Gasteiger partial charge on any atom is -0.382 e. The molecule has 1 fully saturated rings. The average molecular weight is 260 g/mol. The van der Waals surface area contributed by atoms with E-state index in [0.29, 0.717) is 0 Å². The molecule has 98 valence electrons. The molecule has 0 radical (unpaired) electrons. The Morgan fingerprint density at radius 1 is 0.941 bits per heavy atom. The van der Waals surface area contributed by atoms with Gasteiger partial charge in [-0.25, -0.2) is 8.78 Å². The summed E-state index contributed by atoms with van der Waals surface area (Å²) < 4.78 is 74.6. The maximum absolute atomic E-state index is 13.1. The van der Waals surface area contributed by atoms with Crippen LogP contribution in [0.1, 0.15) is 25.7 Å². The number of rotatable bonds is 2. The molecule has 0 bridgehead atoms. The van der Waals surface area contributed by atoms with Crippen molar-refractivity contribution >= 4 is 0 Å². The third kappa shape index (κ3) is 2.65. The second-order valence-electron chi connectivity index (χ2n) is 3.91. The minimum absolute atomic E-state index is 0.162. The number of aliphatic hydroxyl groups is 1. The topological polar surface area (TPSA) is 20.2 Å². The maximum atomic E-state index is 13.1. The first-order valence-corrected chi connectivity index (χ1v) is 4.95. The summed E-state index contributed by atoms with van der Waals surface area (Å²) in [6, 6.07) is 0. The van der Waals surface area contributed by atoms with E-state index in [4.69, 9.17) is 0 Å². The fraction of sp³-hybridized carbons (Fsp3) is 0.600. The van der Waals surface area contributed by atoms with Gasteiger partial charge in [0.25, 0.3) is 0 Å². The summed E-state index contributed by atoms with van der Waals surface area (Å²) >= 11 is 0. The Morgan fingerprint density at radius 3 is 2.00 bits per heavy atom. The molecule has 0 aromatic heterocycles. The molecule has 0 heterocycles. The smallest absolute Gasteiger partial charge is 0.304 e. The molecule has 1 N–H and O–H groups in total. The van der Waals surface area contributed by atoms with E-state index in [1.807, 2.05) is 0 Å². The first kappa shape index (κ1) is 14.1. The molecule has 0 aromatic rings. The van der Waals surface area contributed by atoms with Crippen LogP contribution in [0.5, 0.6) is 0 Å². The van der Waals surface area contributed by atoms with Gasteiger partial charge in [-0.1, -0.05) is 12.8 Å². The molecule has 0 aliphatic heterocycles. The van der Waals surface area contributed by atoms with E-state index in [0.717, 1.165) is 0 Å². The Morgan fingerprint density at radius 2 is 1.53 bits per heavy atom. The molecule has 2 atom stereocenters. The minimum atomic E-state index is -2.87. The van der Waals surface area contributed by atoms with Crippen molar-refractivity contribution in [3.63, 3.8) is 0 Å². The Labute approximate surface area is 93.4 Å². The van der Waals surface area contributed by atoms with Crippen LogP contribution in [-0.2, 0) is 0 Å². The quantitative estimate of drug-likeness (QED) is 0.742. The van der Waals surface area contributed by atoms with E-state index in [2.05, 4.69) is 0 Å². The van der Waals surface area contributed by atoms with Crippen molar-refractivity contribution in [2.45, 2.75) is 31.3 Å². The standard InChI is InChI=1S/C10H10F6O/c11-6(8(13)14)5-3-1-2-4-10(5,17)7(12)9(15)16/h5,17H,1-4H2. The zero-order chi connectivity index (χ0) is 13.2. The molecule has 0 amide bonds. The van der Waals surface area contributed by atoms with E-state index >= 15 is 0 Å². The summed E-state index contributed by atoms with van der Waals surface area (Å²) in [6.07, 6.45) is -5.93. The van der Waals surface area contributed by atoms with Crippen molar-refractivity contribution in [3.05, 3.63) is 23.8 Å². The van der Waals surface area contributed by atoms with Crippen molar-refractivity contribution < 1.29 is 31.4 Å². The summed E-state index contributed by atoms with van der Waals surface area (Å²) in [5, 5.41) is 9.67. The second kappa shape index (κ2) is 5.12. The molecule has 0 saturated heterocycles. The maximum Gasteiger partial charge on any atom is 0.304 e. The number of hydrogen-bond acceptors (Lipinski definition) is 1. The molecular weight excluding hydrogens is 250 g/mol. The van der Waals surface area contributed by atoms with E-state index in [1.165, 1.54) is 0 Å². The first-order chi connectivity index (χ1) is 7.80. The van der Waals surface area contributed by atoms with E-state index < -0.39 is 41.8 Å². The summed E-state index contributed by atoms with van der Waals surface area (Å²) in [5.41, 5.74) is -2.87. The van der Waals surface area contributed by atoms with Gasteiger partial charge in [-0.2, -0.15) is 17.6 Å². The van der Waals surface area contributed by atoms with Crippen LogP contribution in [0.3, 0.4) is 0 Å². The van der Waals surface area contributed by atoms with Gasteiger partial charge in [-0.05, 0) is 12.8 Å². The Hall–Kier alpha value is -0.980. The molecule has 1 nitrogen and oxygen atoms in total. The van der Waals surface area contributed by atoms with Crippen molar-refractivity contribution in [3.8, 4) is 0 Å². The van der Waals surface area contributed by atoms with E-state index in [-0.39, 0.29) is 19.3 Å². The third-order valence-electron chi connectivity index (χ3n) is 2.91. The van der Waals surface area contributed by atoms with Crippen LogP contribution in [-0.4, -0.2) is 10.7 Å². The van der Waals surface area contributed by atoms with Gasteiger partial charge in [-0.15, -0.1) is 0 Å². The lowest BCUT2D eigenvalue weighted by atomic mass is 9.74. The van der Waals surface area contributed by atoms with E-state index in [9.17, 15) is 31.4 Å². The normalized spacial score (nSPS) is 28.8. The molecule has 1 saturated carbocycles. The molecule has 0 aromatic carbocycles. The molecule has 1 rings (SSSR count). The first-order valence-electron chi connectivity index (χ1n) is 4.95. The van der Waals surface area contributed by atoms with Gasteiger partial charge in [-0.3, -0.25) is 0 Å². The highest BCUT2D eigenvalue weighted by molar-refractivity contribution is 5.20. The fourth-order valence-electron chi connectivity index (χ4n) is 2.05. The van der Waals surface area contributed by atoms with Crippen molar-refractivity contribution in [1.29, 1.82) is 0 Å². The molecular formula is C10H10F6O. The lowest BCUT2D eigenvalue weighted by Crippen LogP contribution is -2.42. The van der Waals surface area contributed by atoms with Crippen LogP contribution in [0, 0.1) is 5.92 Å². The van der Waals surface area contributed by atoms with Crippen LogP contribution in [0.4, 0.5) is 26.3 Å². The molecule has 1 aliphatic rings. The highest BCUT2D eigenvalue weighted by Gasteiger charge is 2.48. The summed E-state index contributed by atoms with van der Waals surface area (Å²) in [7, 11) is 0. The predicted molar refractivity (Wildman–Crippen MR) is 47.6 cm³/mol. The van der Waals surface area contributed by atoms with E-state index in [1.54, 1.807) is 0 Å². The molecule has 17 heavy (non-hydrogen) atoms. The summed E-state index contributed by atoms with van der Waals surface area (Å²) in [4.78, 5) is 0. The summed E-state index contributed by atoms with van der Waals surface area (Å²) in [6.45, 7) is 0. The lowest BCUT2D eigenvalue weighted by Gasteiger charge is -2.37. The van der Waals surface area contributed by atoms with Gasteiger partial charge in [0.05, 0.1) is 5.92 Å². The monoisotopic (exact) mass is 260 g/mol. The average Bonchev–Trinajstić information content (AvgIpc) is 2.27. The van der Waals surface area contributed by atoms with Crippen LogP contribution in [0.25, 0.3) is 0 Å². The van der Waals surface area contributed by atoms with Crippen molar-refractivity contribution in [2.75, 3.05) is 0 Å². The highest BCUT2D eigenvalue weighted by Crippen LogP contribution is 2.45. The lowest BCUT2D eigenvalue weighted by molar-refractivity contribution is -0.0333. The predicted octanol–water partition coefficient (Wildman–Crippen LogP) is 4.06. The third-order valence-corrected chi connectivity index (χ3v) is 2.91. The highest BCUT2D eigenvalue weighted by atomic mass is 19.3. The van der Waals surface area contributed by atoms with Crippen LogP contribution < -0.4 is 0 Å². The van der Waals surface area contributed by atoms with Gasteiger partial charge >= 0.3 is 12.2 Å². The molecule has 1 aliphatic carbocycles. The zero-order valence-electron chi connectivity index (χ0n) is 8.62. The second-order valence-corrected chi connectivity index (χ2v) is 3.91. The van der Waals surface area contributed by atoms with Crippen molar-refractivity contribution in [2.24, 2.45) is 5.92 Å². The number of halogens is 6. The largest absolute Gasteiger partial charge is 0.382 e. The fourth-order valence-corrected chi connectivity index (χ4v) is 2.05. The van der Waals surface area contributed by atoms with Gasteiger partial charge in [0.1, 0.15) is 5.60 Å². The molecule has 2 unspecified atom stereocenters. The molecule has 7 heteroatoms. The van der Waals surface area contributed by atoms with Crippen LogP contribution in [0.2, 0.25) is 0 Å². The molecule has 0 spiro atoms. The Bertz CT molecular complexity index is 356. The Kier molecular flexibility index (Phi) is 4.24. The van der Waals surface area contributed by atoms with Gasteiger partial charge in [0, 0.05) is 0 Å². The van der Waals surface area contributed by atoms with Crippen LogP contribution >= 0.6 is 0 Å². The summed E-state index contributed by atoms with van der Waals surface area (Å²) in [5.74, 6) is -6.20. The van der Waals surface area contributed by atoms with Crippen molar-refractivity contribution in [1.82, 2.24) is 0 Å². The zero-order valence-corrected chi connectivity index (χ0v) is 8.62. The van der Waals surface area contributed by atoms with Gasteiger partial charge < -0.3 is 5.11 Å². The SMILES string of the molecule is OC1(C(F)=C(F)F)CCCCC1C(F)=C(F)F. The number of hydrogen-bond donors (Lipinski definition) is 1. The Balaban J connectivity index is 3.18. The van der Waals surface area contributed by atoms with Gasteiger partial charge in [0.2, 0.25) is 0 Å². The van der Waals surface area contributed by atoms with Crippen LogP contribution in [0.15, 0.2) is 23.8 Å².